The number of carbonyl (C=O) groups excluding carboxylic acids is 2. The number of esters is 1. The second kappa shape index (κ2) is 7.75. The number of hydrogen-bond acceptors (Lipinski definition) is 5. The molecule has 0 spiro atoms. The van der Waals surface area contributed by atoms with Crippen LogP contribution in [0.15, 0.2) is 53.4 Å². The minimum atomic E-state index is -3.39. The van der Waals surface area contributed by atoms with E-state index in [0.717, 1.165) is 6.26 Å². The molecule has 0 saturated carbocycles. The topological polar surface area (TPSA) is 77.5 Å². The summed E-state index contributed by atoms with van der Waals surface area (Å²) in [5, 5.41) is 1.07. The summed E-state index contributed by atoms with van der Waals surface area (Å²) in [6.45, 7) is 2.99. The standard InChI is InChI=1S/C22H19FO5S/c1-13-17(12-28-14(2)24)10-16-4-7-18(23)11-20(16)21(13)22(25)15-5-8-19(9-6-15)29(3,26)27/h4-11H,12H2,1-3H3. The van der Waals surface area contributed by atoms with Crippen LogP contribution in [0.1, 0.15) is 34.0 Å². The highest BCUT2D eigenvalue weighted by Crippen LogP contribution is 2.29. The Labute approximate surface area is 168 Å². The molecule has 3 rings (SSSR count). The van der Waals surface area contributed by atoms with Crippen LogP contribution in [-0.4, -0.2) is 26.4 Å². The van der Waals surface area contributed by atoms with E-state index in [1.165, 1.54) is 43.3 Å². The van der Waals surface area contributed by atoms with Crippen molar-refractivity contribution in [3.63, 3.8) is 0 Å². The van der Waals surface area contributed by atoms with E-state index in [1.807, 2.05) is 0 Å². The number of carbonyl (C=O) groups is 2. The summed E-state index contributed by atoms with van der Waals surface area (Å²) < 4.78 is 42.3. The molecule has 3 aromatic rings. The average molecular weight is 414 g/mol. The van der Waals surface area contributed by atoms with E-state index < -0.39 is 21.6 Å². The summed E-state index contributed by atoms with van der Waals surface area (Å²) in [5.41, 5.74) is 1.77. The summed E-state index contributed by atoms with van der Waals surface area (Å²) in [6, 6.07) is 11.5. The van der Waals surface area contributed by atoms with Crippen molar-refractivity contribution in [2.24, 2.45) is 0 Å². The van der Waals surface area contributed by atoms with Gasteiger partial charge in [-0.15, -0.1) is 0 Å². The number of fused-ring (bicyclic) bond motifs is 1. The maximum atomic E-state index is 13.9. The van der Waals surface area contributed by atoms with E-state index in [2.05, 4.69) is 0 Å². The molecule has 0 unspecified atom stereocenters. The smallest absolute Gasteiger partial charge is 0.302 e. The molecule has 29 heavy (non-hydrogen) atoms. The minimum absolute atomic E-state index is 0.0121. The highest BCUT2D eigenvalue weighted by molar-refractivity contribution is 7.90. The fourth-order valence-electron chi connectivity index (χ4n) is 3.15. The molecule has 3 aromatic carbocycles. The van der Waals surface area contributed by atoms with Gasteiger partial charge in [0.15, 0.2) is 15.6 Å². The van der Waals surface area contributed by atoms with Gasteiger partial charge in [-0.05, 0) is 71.3 Å². The van der Waals surface area contributed by atoms with Crippen LogP contribution in [-0.2, 0) is 26.0 Å². The molecular weight excluding hydrogens is 395 g/mol. The van der Waals surface area contributed by atoms with Gasteiger partial charge >= 0.3 is 5.97 Å². The molecule has 0 aliphatic heterocycles. The highest BCUT2D eigenvalue weighted by atomic mass is 32.2. The van der Waals surface area contributed by atoms with Crippen LogP contribution in [0.2, 0.25) is 0 Å². The Morgan fingerprint density at radius 1 is 1.03 bits per heavy atom. The lowest BCUT2D eigenvalue weighted by atomic mass is 9.90. The van der Waals surface area contributed by atoms with Crippen LogP contribution >= 0.6 is 0 Å². The normalized spacial score (nSPS) is 11.4. The molecule has 0 radical (unpaired) electrons. The zero-order valence-electron chi connectivity index (χ0n) is 16.2. The molecule has 5 nitrogen and oxygen atoms in total. The SMILES string of the molecule is CC(=O)OCc1cc2ccc(F)cc2c(C(=O)c2ccc(S(C)(=O)=O)cc2)c1C. The summed E-state index contributed by atoms with van der Waals surface area (Å²) in [7, 11) is -3.39. The average Bonchev–Trinajstić information content (AvgIpc) is 2.65. The van der Waals surface area contributed by atoms with Crippen LogP contribution in [0.4, 0.5) is 4.39 Å². The third-order valence-electron chi connectivity index (χ3n) is 4.67. The van der Waals surface area contributed by atoms with Gasteiger partial charge in [-0.3, -0.25) is 9.59 Å². The Kier molecular flexibility index (Phi) is 5.53. The lowest BCUT2D eigenvalue weighted by Gasteiger charge is -2.15. The van der Waals surface area contributed by atoms with Crippen molar-refractivity contribution in [1.82, 2.24) is 0 Å². The van der Waals surface area contributed by atoms with E-state index in [9.17, 15) is 22.4 Å². The van der Waals surface area contributed by atoms with Gasteiger partial charge < -0.3 is 4.74 Å². The molecule has 150 valence electrons. The molecule has 0 aromatic heterocycles. The number of benzene rings is 3. The van der Waals surface area contributed by atoms with Gasteiger partial charge in [-0.1, -0.05) is 6.07 Å². The van der Waals surface area contributed by atoms with E-state index in [0.29, 0.717) is 21.9 Å². The van der Waals surface area contributed by atoms with E-state index in [-0.39, 0.29) is 28.4 Å². The first-order valence-electron chi connectivity index (χ1n) is 8.78. The van der Waals surface area contributed by atoms with Crippen LogP contribution in [0.5, 0.6) is 0 Å². The first-order valence-corrected chi connectivity index (χ1v) is 10.7. The lowest BCUT2D eigenvalue weighted by molar-refractivity contribution is -0.142. The minimum Gasteiger partial charge on any atom is -0.461 e. The first-order chi connectivity index (χ1) is 13.6. The van der Waals surface area contributed by atoms with E-state index in [1.54, 1.807) is 19.1 Å². The molecule has 0 saturated heterocycles. The van der Waals surface area contributed by atoms with Crippen molar-refractivity contribution in [1.29, 1.82) is 0 Å². The van der Waals surface area contributed by atoms with Crippen molar-refractivity contribution in [3.8, 4) is 0 Å². The third-order valence-corrected chi connectivity index (χ3v) is 5.80. The van der Waals surface area contributed by atoms with E-state index >= 15 is 0 Å². The maximum Gasteiger partial charge on any atom is 0.302 e. The van der Waals surface area contributed by atoms with Crippen molar-refractivity contribution in [2.45, 2.75) is 25.3 Å². The fraction of sp³-hybridized carbons (Fsp3) is 0.182. The third kappa shape index (κ3) is 4.35. The molecule has 0 aliphatic rings. The van der Waals surface area contributed by atoms with Gasteiger partial charge in [0, 0.05) is 24.3 Å². The van der Waals surface area contributed by atoms with Crippen LogP contribution in [0.3, 0.4) is 0 Å². The number of sulfone groups is 1. The Hall–Kier alpha value is -3.06. The van der Waals surface area contributed by atoms with Crippen LogP contribution in [0.25, 0.3) is 10.8 Å². The molecular formula is C22H19FO5S. The second-order valence-corrected chi connectivity index (χ2v) is 8.82. The predicted molar refractivity (Wildman–Crippen MR) is 107 cm³/mol. The van der Waals surface area contributed by atoms with Gasteiger partial charge in [0.2, 0.25) is 0 Å². The summed E-state index contributed by atoms with van der Waals surface area (Å²) >= 11 is 0. The van der Waals surface area contributed by atoms with Crippen LogP contribution in [0, 0.1) is 12.7 Å². The fourth-order valence-corrected chi connectivity index (χ4v) is 3.78. The van der Waals surface area contributed by atoms with Gasteiger partial charge in [-0.25, -0.2) is 12.8 Å². The molecule has 0 fully saturated rings. The molecule has 7 heteroatoms. The second-order valence-electron chi connectivity index (χ2n) is 6.81. The highest BCUT2D eigenvalue weighted by Gasteiger charge is 2.20. The molecule has 0 aliphatic carbocycles. The number of hydrogen-bond donors (Lipinski definition) is 0. The summed E-state index contributed by atoms with van der Waals surface area (Å²) in [5.74, 6) is -1.30. The first kappa shape index (κ1) is 20.7. The van der Waals surface area contributed by atoms with Crippen LogP contribution < -0.4 is 0 Å². The number of ketones is 1. The number of rotatable bonds is 5. The summed E-state index contributed by atoms with van der Waals surface area (Å²) in [4.78, 5) is 24.6. The Bertz CT molecular complexity index is 1230. The maximum absolute atomic E-state index is 13.9. The molecule has 0 atom stereocenters. The van der Waals surface area contributed by atoms with Crippen molar-refractivity contribution in [2.75, 3.05) is 6.26 Å². The number of ether oxygens (including phenoxy) is 1. The van der Waals surface area contributed by atoms with Crippen molar-refractivity contribution < 1.29 is 27.1 Å². The zero-order valence-corrected chi connectivity index (χ0v) is 17.0. The Morgan fingerprint density at radius 3 is 2.28 bits per heavy atom. The van der Waals surface area contributed by atoms with E-state index in [4.69, 9.17) is 4.74 Å². The van der Waals surface area contributed by atoms with Gasteiger partial charge in [0.05, 0.1) is 4.90 Å². The Balaban J connectivity index is 2.17. The lowest BCUT2D eigenvalue weighted by Crippen LogP contribution is -2.09. The van der Waals surface area contributed by atoms with Crippen molar-refractivity contribution >= 4 is 32.4 Å². The summed E-state index contributed by atoms with van der Waals surface area (Å²) in [6.07, 6.45) is 1.09. The van der Waals surface area contributed by atoms with Gasteiger partial charge in [-0.2, -0.15) is 0 Å². The molecule has 0 bridgehead atoms. The molecule has 0 N–H and O–H groups in total. The monoisotopic (exact) mass is 414 g/mol. The largest absolute Gasteiger partial charge is 0.461 e. The predicted octanol–water partition coefficient (Wildman–Crippen LogP) is 3.98. The molecule has 0 heterocycles. The van der Waals surface area contributed by atoms with Crippen molar-refractivity contribution in [3.05, 3.63) is 76.6 Å². The number of halogens is 1. The Morgan fingerprint density at radius 2 is 1.69 bits per heavy atom. The van der Waals surface area contributed by atoms with Gasteiger partial charge in [0.25, 0.3) is 0 Å². The van der Waals surface area contributed by atoms with Gasteiger partial charge in [0.1, 0.15) is 12.4 Å². The molecule has 0 amide bonds. The zero-order chi connectivity index (χ0) is 21.3. The quantitative estimate of drug-likeness (QED) is 0.466.